The number of nitrogens with one attached hydrogen (secondary N) is 2. The van der Waals surface area contributed by atoms with Gasteiger partial charge in [-0.15, -0.1) is 0 Å². The van der Waals surface area contributed by atoms with Gasteiger partial charge in [-0.2, -0.15) is 4.98 Å². The van der Waals surface area contributed by atoms with Crippen molar-refractivity contribution >= 4 is 28.4 Å². The summed E-state index contributed by atoms with van der Waals surface area (Å²) in [6.07, 6.45) is 4.58. The zero-order valence-electron chi connectivity index (χ0n) is 11.9. The zero-order chi connectivity index (χ0) is 14.5. The van der Waals surface area contributed by atoms with Gasteiger partial charge in [0.1, 0.15) is 5.82 Å². The van der Waals surface area contributed by atoms with Crippen LogP contribution < -0.4 is 10.6 Å². The van der Waals surface area contributed by atoms with Crippen LogP contribution in [0.25, 0.3) is 10.9 Å². The molecule has 0 spiro atoms. The standard InChI is InChI=1S/C16H17N5/c1-2-8-18-16-19-10-7-15(21-16)20-13-5-6-14-12(11-13)4-3-9-17-14/h3-7,9-11H,2,8H2,1H3,(H2,18,19,20,21). The first-order chi connectivity index (χ1) is 10.3. The number of anilines is 3. The van der Waals surface area contributed by atoms with Crippen molar-refractivity contribution in [1.29, 1.82) is 0 Å². The van der Waals surface area contributed by atoms with Gasteiger partial charge >= 0.3 is 0 Å². The maximum Gasteiger partial charge on any atom is 0.224 e. The molecule has 0 fully saturated rings. The van der Waals surface area contributed by atoms with Crippen LogP contribution in [-0.2, 0) is 0 Å². The summed E-state index contributed by atoms with van der Waals surface area (Å²) in [7, 11) is 0. The minimum atomic E-state index is 0.643. The minimum Gasteiger partial charge on any atom is -0.354 e. The Bertz CT molecular complexity index is 741. The number of hydrogen-bond donors (Lipinski definition) is 2. The molecule has 2 aromatic heterocycles. The van der Waals surface area contributed by atoms with Gasteiger partial charge in [0.2, 0.25) is 5.95 Å². The number of aromatic nitrogens is 3. The molecule has 0 unspecified atom stereocenters. The fourth-order valence-corrected chi connectivity index (χ4v) is 2.05. The third-order valence-electron chi connectivity index (χ3n) is 3.06. The van der Waals surface area contributed by atoms with Gasteiger partial charge in [-0.3, -0.25) is 4.98 Å². The number of rotatable bonds is 5. The molecule has 1 aromatic carbocycles. The first-order valence-electron chi connectivity index (χ1n) is 7.04. The molecule has 0 aliphatic rings. The van der Waals surface area contributed by atoms with E-state index in [9.17, 15) is 0 Å². The van der Waals surface area contributed by atoms with E-state index >= 15 is 0 Å². The van der Waals surface area contributed by atoms with E-state index in [1.807, 2.05) is 30.3 Å². The molecule has 0 radical (unpaired) electrons. The molecule has 2 heterocycles. The van der Waals surface area contributed by atoms with Crippen molar-refractivity contribution in [2.24, 2.45) is 0 Å². The average Bonchev–Trinajstić information content (AvgIpc) is 2.53. The van der Waals surface area contributed by atoms with E-state index in [0.717, 1.165) is 35.4 Å². The van der Waals surface area contributed by atoms with Crippen molar-refractivity contribution in [3.63, 3.8) is 0 Å². The number of hydrogen-bond acceptors (Lipinski definition) is 5. The van der Waals surface area contributed by atoms with Gasteiger partial charge < -0.3 is 10.6 Å². The zero-order valence-corrected chi connectivity index (χ0v) is 11.9. The van der Waals surface area contributed by atoms with Gasteiger partial charge in [0, 0.05) is 30.0 Å². The van der Waals surface area contributed by atoms with Crippen LogP contribution in [0.5, 0.6) is 0 Å². The summed E-state index contributed by atoms with van der Waals surface area (Å²) in [6.45, 7) is 2.98. The lowest BCUT2D eigenvalue weighted by Gasteiger charge is -2.08. The number of fused-ring (bicyclic) bond motifs is 1. The maximum absolute atomic E-state index is 4.44. The smallest absolute Gasteiger partial charge is 0.224 e. The Kier molecular flexibility index (Phi) is 3.91. The third-order valence-corrected chi connectivity index (χ3v) is 3.06. The molecule has 3 rings (SSSR count). The summed E-state index contributed by atoms with van der Waals surface area (Å²) in [6, 6.07) is 11.9. The van der Waals surface area contributed by atoms with Gasteiger partial charge in [-0.05, 0) is 36.8 Å². The number of pyridine rings is 1. The van der Waals surface area contributed by atoms with Gasteiger partial charge in [0.15, 0.2) is 0 Å². The molecule has 0 bridgehead atoms. The van der Waals surface area contributed by atoms with Gasteiger partial charge in [0.25, 0.3) is 0 Å². The second-order valence-corrected chi connectivity index (χ2v) is 4.73. The molecule has 106 valence electrons. The SMILES string of the molecule is CCCNc1nccc(Nc2ccc3ncccc3c2)n1. The molecule has 0 atom stereocenters. The van der Waals surface area contributed by atoms with Crippen molar-refractivity contribution in [3.05, 3.63) is 48.8 Å². The highest BCUT2D eigenvalue weighted by atomic mass is 15.1. The molecule has 2 N–H and O–H groups in total. The van der Waals surface area contributed by atoms with Gasteiger partial charge in [-0.25, -0.2) is 4.98 Å². The lowest BCUT2D eigenvalue weighted by atomic mass is 10.2. The molecule has 0 amide bonds. The topological polar surface area (TPSA) is 62.7 Å². The molecule has 0 aliphatic carbocycles. The first-order valence-corrected chi connectivity index (χ1v) is 7.04. The quantitative estimate of drug-likeness (QED) is 0.747. The summed E-state index contributed by atoms with van der Waals surface area (Å²) < 4.78 is 0. The molecule has 0 aliphatic heterocycles. The van der Waals surface area contributed by atoms with E-state index in [1.165, 1.54) is 0 Å². The highest BCUT2D eigenvalue weighted by Gasteiger charge is 2.01. The van der Waals surface area contributed by atoms with Gasteiger partial charge in [-0.1, -0.05) is 13.0 Å². The second-order valence-electron chi connectivity index (χ2n) is 4.73. The van der Waals surface area contributed by atoms with Gasteiger partial charge in [0.05, 0.1) is 5.52 Å². The van der Waals surface area contributed by atoms with Crippen molar-refractivity contribution in [1.82, 2.24) is 15.0 Å². The predicted octanol–water partition coefficient (Wildman–Crippen LogP) is 3.59. The van der Waals surface area contributed by atoms with Crippen molar-refractivity contribution < 1.29 is 0 Å². The fraction of sp³-hybridized carbons (Fsp3) is 0.188. The summed E-state index contributed by atoms with van der Waals surface area (Å²) in [5, 5.41) is 7.57. The van der Waals surface area contributed by atoms with E-state index in [-0.39, 0.29) is 0 Å². The fourth-order valence-electron chi connectivity index (χ4n) is 2.05. The highest BCUT2D eigenvalue weighted by Crippen LogP contribution is 2.20. The Balaban J connectivity index is 1.81. The molecule has 3 aromatic rings. The van der Waals surface area contributed by atoms with E-state index in [1.54, 1.807) is 12.4 Å². The monoisotopic (exact) mass is 279 g/mol. The highest BCUT2D eigenvalue weighted by molar-refractivity contribution is 5.83. The lowest BCUT2D eigenvalue weighted by molar-refractivity contribution is 0.953. The summed E-state index contributed by atoms with van der Waals surface area (Å²) in [5.41, 5.74) is 1.96. The van der Waals surface area contributed by atoms with Crippen LogP contribution in [0.2, 0.25) is 0 Å². The molecule has 0 saturated carbocycles. The van der Waals surface area contributed by atoms with E-state index in [4.69, 9.17) is 0 Å². The van der Waals surface area contributed by atoms with E-state index in [2.05, 4.69) is 38.6 Å². The Morgan fingerprint density at radius 2 is 2.00 bits per heavy atom. The van der Waals surface area contributed by atoms with Crippen LogP contribution in [-0.4, -0.2) is 21.5 Å². The minimum absolute atomic E-state index is 0.643. The van der Waals surface area contributed by atoms with Crippen LogP contribution in [0.3, 0.4) is 0 Å². The summed E-state index contributed by atoms with van der Waals surface area (Å²) >= 11 is 0. The van der Waals surface area contributed by atoms with Crippen molar-refractivity contribution in [3.8, 4) is 0 Å². The third kappa shape index (κ3) is 3.25. The average molecular weight is 279 g/mol. The van der Waals surface area contributed by atoms with Crippen LogP contribution in [0.4, 0.5) is 17.5 Å². The van der Waals surface area contributed by atoms with Crippen LogP contribution in [0.1, 0.15) is 13.3 Å². The van der Waals surface area contributed by atoms with E-state index < -0.39 is 0 Å². The van der Waals surface area contributed by atoms with Crippen molar-refractivity contribution in [2.75, 3.05) is 17.2 Å². The summed E-state index contributed by atoms with van der Waals surface area (Å²) in [4.78, 5) is 12.9. The normalized spacial score (nSPS) is 10.5. The van der Waals surface area contributed by atoms with E-state index in [0.29, 0.717) is 5.95 Å². The Morgan fingerprint density at radius 1 is 1.05 bits per heavy atom. The van der Waals surface area contributed by atoms with Crippen molar-refractivity contribution in [2.45, 2.75) is 13.3 Å². The largest absolute Gasteiger partial charge is 0.354 e. The first kappa shape index (κ1) is 13.3. The summed E-state index contributed by atoms with van der Waals surface area (Å²) in [5.74, 6) is 1.41. The number of nitrogens with zero attached hydrogens (tertiary/aromatic N) is 3. The molecule has 5 heteroatoms. The molecular weight excluding hydrogens is 262 g/mol. The maximum atomic E-state index is 4.44. The lowest BCUT2D eigenvalue weighted by Crippen LogP contribution is -2.05. The Morgan fingerprint density at radius 3 is 2.90 bits per heavy atom. The van der Waals surface area contributed by atoms with Crippen LogP contribution >= 0.6 is 0 Å². The second kappa shape index (κ2) is 6.17. The molecule has 5 nitrogen and oxygen atoms in total. The Labute approximate surface area is 123 Å². The molecule has 0 saturated heterocycles. The molecular formula is C16H17N5. The predicted molar refractivity (Wildman–Crippen MR) is 85.8 cm³/mol. The molecule has 21 heavy (non-hydrogen) atoms. The van der Waals surface area contributed by atoms with Crippen LogP contribution in [0.15, 0.2) is 48.8 Å². The number of benzene rings is 1. The Hall–Kier alpha value is -2.69. The van der Waals surface area contributed by atoms with Crippen LogP contribution in [0, 0.1) is 0 Å².